The number of hydrogen-bond acceptors (Lipinski definition) is 4. The lowest BCUT2D eigenvalue weighted by Gasteiger charge is -2.31. The van der Waals surface area contributed by atoms with Gasteiger partial charge in [-0.3, -0.25) is 9.10 Å². The van der Waals surface area contributed by atoms with Gasteiger partial charge in [-0.25, -0.2) is 8.42 Å². The van der Waals surface area contributed by atoms with Crippen molar-refractivity contribution in [1.82, 2.24) is 10.2 Å². The number of piperidine rings is 1. The highest BCUT2D eigenvalue weighted by Gasteiger charge is 2.31. The first-order valence-electron chi connectivity index (χ1n) is 9.43. The van der Waals surface area contributed by atoms with Crippen LogP contribution in [0.5, 0.6) is 0 Å². The SMILES string of the molecule is CC[C@@H](C(=O)NCCC1CCN(C)CC1)N(c1cccc(Cl)c1)S(C)(=O)=O. The second-order valence-corrected chi connectivity index (χ2v) is 9.58. The molecule has 1 fully saturated rings. The molecule has 1 aromatic rings. The molecule has 0 bridgehead atoms. The van der Waals surface area contributed by atoms with Crippen molar-refractivity contribution in [2.75, 3.05) is 37.2 Å². The molecule has 0 aliphatic carbocycles. The van der Waals surface area contributed by atoms with E-state index in [0.29, 0.717) is 29.6 Å². The second-order valence-electron chi connectivity index (χ2n) is 7.29. The maximum absolute atomic E-state index is 12.8. The number of nitrogens with one attached hydrogen (secondary N) is 1. The quantitative estimate of drug-likeness (QED) is 0.708. The van der Waals surface area contributed by atoms with Crippen LogP contribution in [0.2, 0.25) is 5.02 Å². The van der Waals surface area contributed by atoms with Crippen LogP contribution in [0.25, 0.3) is 0 Å². The Balaban J connectivity index is 2.04. The zero-order valence-electron chi connectivity index (χ0n) is 16.3. The van der Waals surface area contributed by atoms with Crippen molar-refractivity contribution in [1.29, 1.82) is 0 Å². The van der Waals surface area contributed by atoms with Gasteiger partial charge in [-0.15, -0.1) is 0 Å². The van der Waals surface area contributed by atoms with Crippen LogP contribution in [-0.2, 0) is 14.8 Å². The Bertz CT molecular complexity index is 733. The van der Waals surface area contributed by atoms with Crippen LogP contribution in [0.4, 0.5) is 5.69 Å². The Hall–Kier alpha value is -1.31. The number of nitrogens with zero attached hydrogens (tertiary/aromatic N) is 2. The summed E-state index contributed by atoms with van der Waals surface area (Å²) in [6.45, 7) is 4.56. The van der Waals surface area contributed by atoms with Crippen LogP contribution < -0.4 is 9.62 Å². The minimum absolute atomic E-state index is 0.268. The smallest absolute Gasteiger partial charge is 0.243 e. The fraction of sp³-hybridized carbons (Fsp3) is 0.632. The van der Waals surface area contributed by atoms with Crippen LogP contribution in [0.1, 0.15) is 32.6 Å². The number of benzene rings is 1. The molecular weight excluding hydrogens is 386 g/mol. The second kappa shape index (κ2) is 9.75. The molecule has 27 heavy (non-hydrogen) atoms. The van der Waals surface area contributed by atoms with Crippen LogP contribution in [0.3, 0.4) is 0 Å². The number of anilines is 1. The number of rotatable bonds is 8. The fourth-order valence-corrected chi connectivity index (χ4v) is 4.93. The molecule has 1 aliphatic rings. The molecule has 0 radical (unpaired) electrons. The summed E-state index contributed by atoms with van der Waals surface area (Å²) in [6.07, 6.45) is 4.69. The Morgan fingerprint density at radius 3 is 2.59 bits per heavy atom. The van der Waals surface area contributed by atoms with E-state index in [1.165, 1.54) is 4.31 Å². The first-order chi connectivity index (χ1) is 12.7. The largest absolute Gasteiger partial charge is 0.354 e. The van der Waals surface area contributed by atoms with Crippen LogP contribution in [-0.4, -0.2) is 58.2 Å². The summed E-state index contributed by atoms with van der Waals surface area (Å²) >= 11 is 6.02. The van der Waals surface area contributed by atoms with Crippen molar-refractivity contribution in [3.8, 4) is 0 Å². The summed E-state index contributed by atoms with van der Waals surface area (Å²) in [5.41, 5.74) is 0.405. The molecule has 8 heteroatoms. The third-order valence-corrected chi connectivity index (χ3v) is 6.50. The molecule has 1 N–H and O–H groups in total. The lowest BCUT2D eigenvalue weighted by atomic mass is 9.94. The lowest BCUT2D eigenvalue weighted by molar-refractivity contribution is -0.122. The molecule has 2 rings (SSSR count). The fourth-order valence-electron chi connectivity index (χ4n) is 3.54. The molecule has 0 unspecified atom stereocenters. The number of sulfonamides is 1. The summed E-state index contributed by atoms with van der Waals surface area (Å²) in [6, 6.07) is 5.78. The molecule has 1 saturated heterocycles. The average Bonchev–Trinajstić information content (AvgIpc) is 2.60. The Kier molecular flexibility index (Phi) is 7.94. The van der Waals surface area contributed by atoms with Crippen molar-refractivity contribution in [2.24, 2.45) is 5.92 Å². The van der Waals surface area contributed by atoms with Crippen LogP contribution in [0, 0.1) is 5.92 Å². The summed E-state index contributed by atoms with van der Waals surface area (Å²) < 4.78 is 26.0. The molecule has 6 nitrogen and oxygen atoms in total. The highest BCUT2D eigenvalue weighted by atomic mass is 35.5. The molecule has 1 atom stereocenters. The number of hydrogen-bond donors (Lipinski definition) is 1. The van der Waals surface area contributed by atoms with Gasteiger partial charge in [0.05, 0.1) is 11.9 Å². The zero-order chi connectivity index (χ0) is 20.0. The summed E-state index contributed by atoms with van der Waals surface area (Å²) in [7, 11) is -1.51. The zero-order valence-corrected chi connectivity index (χ0v) is 17.9. The molecule has 152 valence electrons. The highest BCUT2D eigenvalue weighted by Crippen LogP contribution is 2.25. The van der Waals surface area contributed by atoms with Crippen molar-refractivity contribution in [3.05, 3.63) is 29.3 Å². The number of carbonyl (C=O) groups is 1. The molecule has 1 aromatic carbocycles. The Morgan fingerprint density at radius 1 is 1.37 bits per heavy atom. The molecule has 1 amide bonds. The Labute approximate surface area is 167 Å². The van der Waals surface area contributed by atoms with E-state index in [0.717, 1.165) is 38.6 Å². The first kappa shape index (κ1) is 22.0. The van der Waals surface area contributed by atoms with Crippen LogP contribution >= 0.6 is 11.6 Å². The van der Waals surface area contributed by atoms with Gasteiger partial charge >= 0.3 is 0 Å². The van der Waals surface area contributed by atoms with Crippen molar-refractivity contribution in [2.45, 2.75) is 38.6 Å². The van der Waals surface area contributed by atoms with E-state index in [4.69, 9.17) is 11.6 Å². The predicted octanol–water partition coefficient (Wildman–Crippen LogP) is 2.73. The van der Waals surface area contributed by atoms with E-state index in [1.807, 2.05) is 6.92 Å². The lowest BCUT2D eigenvalue weighted by Crippen LogP contribution is -2.49. The number of halogens is 1. The molecular formula is C19H30ClN3O3S. The van der Waals surface area contributed by atoms with E-state index in [9.17, 15) is 13.2 Å². The maximum atomic E-state index is 12.8. The van der Waals surface area contributed by atoms with Gasteiger partial charge in [-0.1, -0.05) is 24.6 Å². The van der Waals surface area contributed by atoms with E-state index in [1.54, 1.807) is 24.3 Å². The monoisotopic (exact) mass is 415 g/mol. The average molecular weight is 416 g/mol. The topological polar surface area (TPSA) is 69.7 Å². The van der Waals surface area contributed by atoms with Crippen LogP contribution in [0.15, 0.2) is 24.3 Å². The summed E-state index contributed by atoms with van der Waals surface area (Å²) in [4.78, 5) is 15.1. The van der Waals surface area contributed by atoms with Crippen molar-refractivity contribution >= 4 is 33.2 Å². The number of amides is 1. The molecule has 0 aromatic heterocycles. The molecule has 0 spiro atoms. The van der Waals surface area contributed by atoms with Gasteiger partial charge in [0.2, 0.25) is 15.9 Å². The Morgan fingerprint density at radius 2 is 2.04 bits per heavy atom. The standard InChI is InChI=1S/C19H30ClN3O3S/c1-4-18(19(24)21-11-8-15-9-12-22(2)13-10-15)23(27(3,25)26)17-7-5-6-16(20)14-17/h5-7,14-15,18H,4,8-13H2,1-3H3,(H,21,24)/t18-/m0/s1. The van der Waals surface area contributed by atoms with Crippen molar-refractivity contribution in [3.63, 3.8) is 0 Å². The molecule has 0 saturated carbocycles. The number of carbonyl (C=O) groups excluding carboxylic acids is 1. The first-order valence-corrected chi connectivity index (χ1v) is 11.7. The van der Waals surface area contributed by atoms with Gasteiger partial charge < -0.3 is 10.2 Å². The highest BCUT2D eigenvalue weighted by molar-refractivity contribution is 7.92. The summed E-state index contributed by atoms with van der Waals surface area (Å²) in [5.74, 6) is 0.344. The van der Waals surface area contributed by atoms with Gasteiger partial charge in [0.25, 0.3) is 0 Å². The van der Waals surface area contributed by atoms with Gasteiger partial charge in [0, 0.05) is 11.6 Å². The maximum Gasteiger partial charge on any atom is 0.243 e. The number of likely N-dealkylation sites (tertiary alicyclic amines) is 1. The van der Waals surface area contributed by atoms with E-state index >= 15 is 0 Å². The third-order valence-electron chi connectivity index (χ3n) is 5.08. The molecule has 1 heterocycles. The van der Waals surface area contributed by atoms with E-state index in [-0.39, 0.29) is 5.91 Å². The van der Waals surface area contributed by atoms with E-state index < -0.39 is 16.1 Å². The molecule has 1 aliphatic heterocycles. The van der Waals surface area contributed by atoms with Crippen molar-refractivity contribution < 1.29 is 13.2 Å². The van der Waals surface area contributed by atoms with Gasteiger partial charge in [-0.2, -0.15) is 0 Å². The third kappa shape index (κ3) is 6.36. The van der Waals surface area contributed by atoms with Gasteiger partial charge in [0.15, 0.2) is 0 Å². The normalized spacial score (nSPS) is 17.5. The van der Waals surface area contributed by atoms with Gasteiger partial charge in [0.1, 0.15) is 6.04 Å². The minimum atomic E-state index is -3.63. The minimum Gasteiger partial charge on any atom is -0.354 e. The van der Waals surface area contributed by atoms with Gasteiger partial charge in [-0.05, 0) is 69.9 Å². The summed E-state index contributed by atoms with van der Waals surface area (Å²) in [5, 5.41) is 3.37. The predicted molar refractivity (Wildman–Crippen MR) is 111 cm³/mol. The van der Waals surface area contributed by atoms with E-state index in [2.05, 4.69) is 17.3 Å².